The number of nitrogens with one attached hydrogen (secondary N) is 1. The predicted octanol–water partition coefficient (Wildman–Crippen LogP) is 3.05. The molecule has 146 valence electrons. The van der Waals surface area contributed by atoms with Crippen LogP contribution < -0.4 is 5.32 Å². The largest absolute Gasteiger partial charge is 0.370 e. The van der Waals surface area contributed by atoms with Gasteiger partial charge in [0.1, 0.15) is 6.10 Å². The van der Waals surface area contributed by atoms with Crippen molar-refractivity contribution in [2.24, 2.45) is 12.0 Å². The molecule has 6 nitrogen and oxygen atoms in total. The molecule has 1 aliphatic heterocycles. The molecule has 0 saturated carbocycles. The molecule has 0 amide bonds. The molecule has 1 unspecified atom stereocenters. The molecule has 1 aromatic carbocycles. The van der Waals surface area contributed by atoms with Crippen molar-refractivity contribution in [1.29, 1.82) is 0 Å². The number of aliphatic imine (C=N–C) groups is 1. The van der Waals surface area contributed by atoms with Crippen LogP contribution in [0.2, 0.25) is 5.02 Å². The fourth-order valence-corrected chi connectivity index (χ4v) is 3.32. The topological polar surface area (TPSA) is 54.7 Å². The maximum Gasteiger partial charge on any atom is 0.194 e. The van der Waals surface area contributed by atoms with E-state index in [-0.39, 0.29) is 6.10 Å². The standard InChI is InChI=1S/C20H28ClN5O/c1-3-22-20(23-10-4-5-16-6-8-18(21)9-7-16)26-11-12-27-19(15-26)17-13-24-25(2)14-17/h6-9,13-14,19H,3-5,10-12,15H2,1-2H3,(H,22,23). The minimum Gasteiger partial charge on any atom is -0.370 e. The number of ether oxygens (including phenoxy) is 1. The van der Waals surface area contributed by atoms with Gasteiger partial charge in [0, 0.05) is 43.5 Å². The van der Waals surface area contributed by atoms with Crippen molar-refractivity contribution in [3.8, 4) is 0 Å². The van der Waals surface area contributed by atoms with Gasteiger partial charge in [0.05, 0.1) is 19.3 Å². The van der Waals surface area contributed by atoms with E-state index in [0.29, 0.717) is 6.61 Å². The molecule has 1 N–H and O–H groups in total. The van der Waals surface area contributed by atoms with Crippen molar-refractivity contribution in [3.63, 3.8) is 0 Å². The Hall–Kier alpha value is -2.05. The van der Waals surface area contributed by atoms with Crippen LogP contribution in [0.4, 0.5) is 0 Å². The zero-order valence-electron chi connectivity index (χ0n) is 16.1. The van der Waals surface area contributed by atoms with Crippen LogP contribution in [0.5, 0.6) is 0 Å². The van der Waals surface area contributed by atoms with E-state index in [0.717, 1.165) is 55.6 Å². The van der Waals surface area contributed by atoms with Gasteiger partial charge in [0.25, 0.3) is 0 Å². The monoisotopic (exact) mass is 389 g/mol. The van der Waals surface area contributed by atoms with Crippen molar-refractivity contribution in [2.75, 3.05) is 32.8 Å². The van der Waals surface area contributed by atoms with Crippen molar-refractivity contribution in [1.82, 2.24) is 20.0 Å². The zero-order valence-corrected chi connectivity index (χ0v) is 16.8. The number of aryl methyl sites for hydroxylation is 2. The van der Waals surface area contributed by atoms with Gasteiger partial charge in [0.15, 0.2) is 5.96 Å². The Morgan fingerprint density at radius 2 is 2.19 bits per heavy atom. The third-order valence-electron chi connectivity index (χ3n) is 4.60. The quantitative estimate of drug-likeness (QED) is 0.468. The van der Waals surface area contributed by atoms with Gasteiger partial charge in [0.2, 0.25) is 0 Å². The molecular weight excluding hydrogens is 362 g/mol. The number of nitrogens with zero attached hydrogens (tertiary/aromatic N) is 4. The van der Waals surface area contributed by atoms with Crippen molar-refractivity contribution in [3.05, 3.63) is 52.8 Å². The molecule has 2 aromatic rings. The highest BCUT2D eigenvalue weighted by molar-refractivity contribution is 6.30. The van der Waals surface area contributed by atoms with Crippen molar-refractivity contribution in [2.45, 2.75) is 25.9 Å². The Bertz CT molecular complexity index is 743. The molecule has 3 rings (SSSR count). The van der Waals surface area contributed by atoms with E-state index < -0.39 is 0 Å². The molecule has 0 radical (unpaired) electrons. The van der Waals surface area contributed by atoms with Crippen LogP contribution in [-0.4, -0.2) is 53.4 Å². The van der Waals surface area contributed by atoms with Gasteiger partial charge in [-0.15, -0.1) is 0 Å². The van der Waals surface area contributed by atoms with Gasteiger partial charge < -0.3 is 15.0 Å². The highest BCUT2D eigenvalue weighted by Crippen LogP contribution is 2.21. The number of benzene rings is 1. The summed E-state index contributed by atoms with van der Waals surface area (Å²) < 4.78 is 7.75. The number of halogens is 1. The number of aromatic nitrogens is 2. The van der Waals surface area contributed by atoms with Gasteiger partial charge in [-0.05, 0) is 37.5 Å². The van der Waals surface area contributed by atoms with Gasteiger partial charge in [-0.25, -0.2) is 0 Å². The summed E-state index contributed by atoms with van der Waals surface area (Å²) in [6.45, 7) is 6.07. The van der Waals surface area contributed by atoms with Gasteiger partial charge >= 0.3 is 0 Å². The van der Waals surface area contributed by atoms with E-state index in [4.69, 9.17) is 21.3 Å². The van der Waals surface area contributed by atoms with Crippen LogP contribution in [0.25, 0.3) is 0 Å². The van der Waals surface area contributed by atoms with Crippen LogP contribution in [0.15, 0.2) is 41.7 Å². The summed E-state index contributed by atoms with van der Waals surface area (Å²) in [6, 6.07) is 8.04. The Morgan fingerprint density at radius 1 is 1.37 bits per heavy atom. The first-order valence-electron chi connectivity index (χ1n) is 9.53. The fourth-order valence-electron chi connectivity index (χ4n) is 3.19. The maximum atomic E-state index is 5.94. The summed E-state index contributed by atoms with van der Waals surface area (Å²) >= 11 is 5.94. The average molecular weight is 390 g/mol. The number of hydrogen-bond acceptors (Lipinski definition) is 3. The van der Waals surface area contributed by atoms with Crippen LogP contribution in [0.3, 0.4) is 0 Å². The summed E-state index contributed by atoms with van der Waals surface area (Å²) in [5, 5.41) is 8.45. The second kappa shape index (κ2) is 9.76. The summed E-state index contributed by atoms with van der Waals surface area (Å²) in [5.74, 6) is 0.964. The molecule has 0 bridgehead atoms. The minimum atomic E-state index is 0.0328. The van der Waals surface area contributed by atoms with Crippen LogP contribution >= 0.6 is 11.6 Å². The lowest BCUT2D eigenvalue weighted by molar-refractivity contribution is -0.00804. The first kappa shape index (κ1) is 19.7. The van der Waals surface area contributed by atoms with E-state index in [1.54, 1.807) is 0 Å². The van der Waals surface area contributed by atoms with E-state index >= 15 is 0 Å². The highest BCUT2D eigenvalue weighted by atomic mass is 35.5. The Morgan fingerprint density at radius 3 is 2.89 bits per heavy atom. The lowest BCUT2D eigenvalue weighted by Crippen LogP contribution is -2.48. The molecular formula is C20H28ClN5O. The summed E-state index contributed by atoms with van der Waals surface area (Å²) in [4.78, 5) is 7.12. The Labute approximate surface area is 166 Å². The molecule has 7 heteroatoms. The molecule has 1 aliphatic rings. The first-order chi connectivity index (χ1) is 13.2. The number of hydrogen-bond donors (Lipinski definition) is 1. The molecule has 0 aliphatic carbocycles. The number of rotatable bonds is 6. The van der Waals surface area contributed by atoms with Crippen molar-refractivity contribution < 1.29 is 4.74 Å². The zero-order chi connectivity index (χ0) is 19.1. The molecule has 1 atom stereocenters. The van der Waals surface area contributed by atoms with Crippen molar-refractivity contribution >= 4 is 17.6 Å². The Kier molecular flexibility index (Phi) is 7.12. The van der Waals surface area contributed by atoms with Crippen LogP contribution in [0.1, 0.15) is 30.6 Å². The summed E-state index contributed by atoms with van der Waals surface area (Å²) in [6.07, 6.45) is 5.94. The molecule has 27 heavy (non-hydrogen) atoms. The Balaban J connectivity index is 1.56. The van der Waals surface area contributed by atoms with Gasteiger partial charge in [-0.1, -0.05) is 23.7 Å². The maximum absolute atomic E-state index is 5.94. The summed E-state index contributed by atoms with van der Waals surface area (Å²) in [5.41, 5.74) is 2.41. The highest BCUT2D eigenvalue weighted by Gasteiger charge is 2.25. The van der Waals surface area contributed by atoms with E-state index in [1.165, 1.54) is 5.56 Å². The molecule has 1 saturated heterocycles. The molecule has 1 fully saturated rings. The molecule has 2 heterocycles. The minimum absolute atomic E-state index is 0.0328. The van der Waals surface area contributed by atoms with Crippen LogP contribution in [0, 0.1) is 0 Å². The SMILES string of the molecule is CCNC(=NCCCc1ccc(Cl)cc1)N1CCOC(c2cnn(C)c2)C1. The lowest BCUT2D eigenvalue weighted by atomic mass is 10.1. The number of morpholine rings is 1. The second-order valence-corrected chi connectivity index (χ2v) is 7.15. The van der Waals surface area contributed by atoms with E-state index in [1.807, 2.05) is 36.3 Å². The second-order valence-electron chi connectivity index (χ2n) is 6.72. The molecule has 1 aromatic heterocycles. The lowest BCUT2D eigenvalue weighted by Gasteiger charge is -2.34. The predicted molar refractivity (Wildman–Crippen MR) is 109 cm³/mol. The smallest absolute Gasteiger partial charge is 0.194 e. The first-order valence-corrected chi connectivity index (χ1v) is 9.91. The van der Waals surface area contributed by atoms with Crippen LogP contribution in [-0.2, 0) is 18.2 Å². The number of guanidine groups is 1. The molecule has 0 spiro atoms. The third-order valence-corrected chi connectivity index (χ3v) is 4.85. The van der Waals surface area contributed by atoms with Gasteiger partial charge in [-0.2, -0.15) is 5.10 Å². The normalized spacial score (nSPS) is 18.0. The van der Waals surface area contributed by atoms with E-state index in [2.05, 4.69) is 34.4 Å². The fraction of sp³-hybridized carbons (Fsp3) is 0.500. The van der Waals surface area contributed by atoms with Gasteiger partial charge in [-0.3, -0.25) is 9.67 Å². The summed E-state index contributed by atoms with van der Waals surface area (Å²) in [7, 11) is 1.93. The third kappa shape index (κ3) is 5.71. The average Bonchev–Trinajstić information content (AvgIpc) is 3.12. The van der Waals surface area contributed by atoms with E-state index in [9.17, 15) is 0 Å².